The minimum absolute atomic E-state index is 0.308. The molecule has 0 radical (unpaired) electrons. The van der Waals surface area contributed by atoms with Crippen molar-refractivity contribution in [2.45, 2.75) is 40.0 Å². The summed E-state index contributed by atoms with van der Waals surface area (Å²) in [6.07, 6.45) is 3.48. The molecule has 0 unspecified atom stereocenters. The first-order chi connectivity index (χ1) is 11.0. The first-order valence-electron chi connectivity index (χ1n) is 7.85. The van der Waals surface area contributed by atoms with Crippen LogP contribution in [0.4, 0.5) is 11.5 Å². The smallest absolute Gasteiger partial charge is 0.225 e. The van der Waals surface area contributed by atoms with Crippen molar-refractivity contribution in [1.29, 1.82) is 0 Å². The Labute approximate surface area is 144 Å². The van der Waals surface area contributed by atoms with Gasteiger partial charge in [0, 0.05) is 10.6 Å². The average molecular weight is 344 g/mol. The summed E-state index contributed by atoms with van der Waals surface area (Å²) in [5.74, 6) is 0.842. The number of anilines is 2. The van der Waals surface area contributed by atoms with Gasteiger partial charge < -0.3 is 5.32 Å². The normalized spacial score (nSPS) is 13.6. The van der Waals surface area contributed by atoms with Crippen LogP contribution in [0.15, 0.2) is 12.1 Å². The summed E-state index contributed by atoms with van der Waals surface area (Å²) < 4.78 is 0. The molecule has 1 aliphatic rings. The Bertz CT molecular complexity index is 907. The molecule has 2 heterocycles. The summed E-state index contributed by atoms with van der Waals surface area (Å²) >= 11 is 7.92. The highest BCUT2D eigenvalue weighted by molar-refractivity contribution is 7.19. The van der Waals surface area contributed by atoms with E-state index in [1.165, 1.54) is 33.6 Å². The Morgan fingerprint density at radius 3 is 2.57 bits per heavy atom. The topological polar surface area (TPSA) is 37.8 Å². The molecule has 1 aliphatic carbocycles. The number of aromatic nitrogens is 2. The fourth-order valence-corrected chi connectivity index (χ4v) is 5.04. The lowest BCUT2D eigenvalue weighted by molar-refractivity contribution is 0.917. The maximum Gasteiger partial charge on any atom is 0.225 e. The number of fused-ring (bicyclic) bond motifs is 3. The molecule has 23 heavy (non-hydrogen) atoms. The lowest BCUT2D eigenvalue weighted by Gasteiger charge is -2.14. The zero-order valence-electron chi connectivity index (χ0n) is 13.5. The summed E-state index contributed by atoms with van der Waals surface area (Å²) in [5.41, 5.74) is 6.23. The number of rotatable bonds is 2. The van der Waals surface area contributed by atoms with Gasteiger partial charge in [0.25, 0.3) is 0 Å². The van der Waals surface area contributed by atoms with Crippen LogP contribution < -0.4 is 5.32 Å². The molecular weight excluding hydrogens is 326 g/mol. The molecule has 4 rings (SSSR count). The zero-order chi connectivity index (χ0) is 16.1. The molecule has 0 spiro atoms. The number of hydrogen-bond donors (Lipinski definition) is 1. The lowest BCUT2D eigenvalue weighted by Crippen LogP contribution is -2.01. The largest absolute Gasteiger partial charge is 0.339 e. The van der Waals surface area contributed by atoms with E-state index >= 15 is 0 Å². The molecule has 118 valence electrons. The molecular formula is C18H18ClN3S. The molecule has 0 atom stereocenters. The van der Waals surface area contributed by atoms with Crippen molar-refractivity contribution in [3.63, 3.8) is 0 Å². The van der Waals surface area contributed by atoms with E-state index < -0.39 is 0 Å². The maximum atomic E-state index is 6.16. The first-order valence-corrected chi connectivity index (χ1v) is 9.05. The molecule has 0 bridgehead atoms. The van der Waals surface area contributed by atoms with Gasteiger partial charge in [0.1, 0.15) is 10.6 Å². The average Bonchev–Trinajstić information content (AvgIpc) is 3.02. The molecule has 5 heteroatoms. The Morgan fingerprint density at radius 1 is 1.09 bits per heavy atom. The second-order valence-electron chi connectivity index (χ2n) is 6.28. The van der Waals surface area contributed by atoms with Crippen LogP contribution >= 0.6 is 22.9 Å². The van der Waals surface area contributed by atoms with Gasteiger partial charge in [-0.2, -0.15) is 4.98 Å². The van der Waals surface area contributed by atoms with Crippen molar-refractivity contribution in [2.24, 2.45) is 0 Å². The summed E-state index contributed by atoms with van der Waals surface area (Å²) in [5, 5.41) is 5.00. The highest BCUT2D eigenvalue weighted by atomic mass is 35.5. The molecule has 0 saturated heterocycles. The lowest BCUT2D eigenvalue weighted by atomic mass is 10.0. The number of halogens is 1. The van der Waals surface area contributed by atoms with E-state index in [4.69, 9.17) is 11.6 Å². The zero-order valence-corrected chi connectivity index (χ0v) is 15.0. The van der Waals surface area contributed by atoms with Crippen molar-refractivity contribution in [2.75, 3.05) is 5.32 Å². The number of hydrogen-bond acceptors (Lipinski definition) is 4. The van der Waals surface area contributed by atoms with E-state index in [-0.39, 0.29) is 0 Å². The third-order valence-corrected chi connectivity index (χ3v) is 5.81. The van der Waals surface area contributed by atoms with Crippen LogP contribution in [0, 0.1) is 20.8 Å². The predicted octanol–water partition coefficient (Wildman–Crippen LogP) is 5.50. The van der Waals surface area contributed by atoms with Gasteiger partial charge in [0.15, 0.2) is 0 Å². The first kappa shape index (κ1) is 14.9. The van der Waals surface area contributed by atoms with Crippen molar-refractivity contribution < 1.29 is 0 Å². The van der Waals surface area contributed by atoms with E-state index in [0.29, 0.717) is 5.28 Å². The summed E-state index contributed by atoms with van der Waals surface area (Å²) in [4.78, 5) is 11.4. The Morgan fingerprint density at radius 2 is 1.83 bits per heavy atom. The summed E-state index contributed by atoms with van der Waals surface area (Å²) in [7, 11) is 0. The highest BCUT2D eigenvalue weighted by Crippen LogP contribution is 2.41. The minimum Gasteiger partial charge on any atom is -0.339 e. The number of nitrogens with one attached hydrogen (secondary N) is 1. The van der Waals surface area contributed by atoms with Crippen LogP contribution in [0.25, 0.3) is 10.2 Å². The maximum absolute atomic E-state index is 6.16. The van der Waals surface area contributed by atoms with Crippen LogP contribution in [-0.2, 0) is 12.8 Å². The number of benzene rings is 1. The molecule has 1 N–H and O–H groups in total. The van der Waals surface area contributed by atoms with Gasteiger partial charge in [-0.3, -0.25) is 0 Å². The van der Waals surface area contributed by atoms with Crippen molar-refractivity contribution in [1.82, 2.24) is 9.97 Å². The molecule has 0 aliphatic heterocycles. The molecule has 3 nitrogen and oxygen atoms in total. The van der Waals surface area contributed by atoms with E-state index in [2.05, 4.69) is 48.2 Å². The van der Waals surface area contributed by atoms with Crippen LogP contribution in [0.1, 0.15) is 33.6 Å². The second kappa shape index (κ2) is 5.46. The van der Waals surface area contributed by atoms with Gasteiger partial charge >= 0.3 is 0 Å². The summed E-state index contributed by atoms with van der Waals surface area (Å²) in [6.45, 7) is 6.37. The number of aryl methyl sites for hydroxylation is 5. The molecule has 0 amide bonds. The Kier molecular flexibility index (Phi) is 3.54. The molecule has 0 saturated carbocycles. The second-order valence-corrected chi connectivity index (χ2v) is 7.70. The third kappa shape index (κ3) is 2.50. The highest BCUT2D eigenvalue weighted by Gasteiger charge is 2.22. The monoisotopic (exact) mass is 343 g/mol. The van der Waals surface area contributed by atoms with E-state index in [9.17, 15) is 0 Å². The van der Waals surface area contributed by atoms with E-state index in [1.807, 2.05) is 0 Å². The number of thiophene rings is 1. The fourth-order valence-electron chi connectivity index (χ4n) is 3.56. The van der Waals surface area contributed by atoms with Crippen LogP contribution in [-0.4, -0.2) is 9.97 Å². The van der Waals surface area contributed by atoms with E-state index in [1.54, 1.807) is 11.3 Å². The van der Waals surface area contributed by atoms with Crippen LogP contribution in [0.3, 0.4) is 0 Å². The van der Waals surface area contributed by atoms with Gasteiger partial charge in [-0.1, -0.05) is 17.7 Å². The molecule has 1 aromatic carbocycles. The molecule has 3 aromatic rings. The van der Waals surface area contributed by atoms with Crippen molar-refractivity contribution in [3.8, 4) is 0 Å². The Hall–Kier alpha value is -1.65. The SMILES string of the molecule is Cc1cc(C)c(Nc2nc(Cl)nc3sc4c(c23)CCC4)c(C)c1. The quantitative estimate of drug-likeness (QED) is 0.624. The van der Waals surface area contributed by atoms with E-state index in [0.717, 1.165) is 34.6 Å². The van der Waals surface area contributed by atoms with Gasteiger partial charge in [-0.05, 0) is 68.3 Å². The minimum atomic E-state index is 0.308. The van der Waals surface area contributed by atoms with Crippen LogP contribution in [0.2, 0.25) is 5.28 Å². The van der Waals surface area contributed by atoms with Gasteiger partial charge in [0.05, 0.1) is 5.39 Å². The van der Waals surface area contributed by atoms with Gasteiger partial charge in [-0.25, -0.2) is 4.98 Å². The number of nitrogens with zero attached hydrogens (tertiary/aromatic N) is 2. The van der Waals surface area contributed by atoms with Gasteiger partial charge in [-0.15, -0.1) is 11.3 Å². The predicted molar refractivity (Wildman–Crippen MR) is 98.4 cm³/mol. The van der Waals surface area contributed by atoms with Gasteiger partial charge in [0.2, 0.25) is 5.28 Å². The molecule has 0 fully saturated rings. The third-order valence-electron chi connectivity index (χ3n) is 4.46. The van der Waals surface area contributed by atoms with Crippen molar-refractivity contribution in [3.05, 3.63) is 44.5 Å². The standard InChI is InChI=1S/C18H18ClN3S/c1-9-7-10(2)15(11(3)8-9)20-16-14-12-5-4-6-13(12)23-17(14)22-18(19)21-16/h7-8H,4-6H2,1-3H3,(H,20,21,22). The summed E-state index contributed by atoms with van der Waals surface area (Å²) in [6, 6.07) is 4.38. The van der Waals surface area contributed by atoms with Crippen molar-refractivity contribution >= 4 is 44.7 Å². The van der Waals surface area contributed by atoms with Crippen LogP contribution in [0.5, 0.6) is 0 Å². The Balaban J connectivity index is 1.89. The fraction of sp³-hybridized carbons (Fsp3) is 0.333. The molecule has 2 aromatic heterocycles.